The van der Waals surface area contributed by atoms with Crippen molar-refractivity contribution in [1.29, 1.82) is 0 Å². The average Bonchev–Trinajstić information content (AvgIpc) is 2.26. The van der Waals surface area contributed by atoms with E-state index in [0.29, 0.717) is 11.4 Å². The zero-order valence-corrected chi connectivity index (χ0v) is 10.4. The van der Waals surface area contributed by atoms with Gasteiger partial charge in [-0.15, -0.1) is 0 Å². The van der Waals surface area contributed by atoms with Gasteiger partial charge in [-0.2, -0.15) is 0 Å². The van der Waals surface area contributed by atoms with Gasteiger partial charge in [-0.1, -0.05) is 0 Å². The number of phenolic OH excluding ortho intramolecular Hbond substituents is 1. The lowest BCUT2D eigenvalue weighted by Gasteiger charge is -2.06. The molecule has 19 heavy (non-hydrogen) atoms. The van der Waals surface area contributed by atoms with Crippen LogP contribution in [0.2, 0.25) is 0 Å². The van der Waals surface area contributed by atoms with Crippen molar-refractivity contribution in [3.63, 3.8) is 0 Å². The number of carbonyl (C=O) groups excluding carboxylic acids is 1. The lowest BCUT2D eigenvalue weighted by molar-refractivity contribution is 0.102. The Hall–Kier alpha value is -2.50. The highest BCUT2D eigenvalue weighted by atomic mass is 19.1. The number of hydrogen-bond donors (Lipinski definition) is 2. The Kier molecular flexibility index (Phi) is 3.41. The van der Waals surface area contributed by atoms with E-state index in [1.54, 1.807) is 19.9 Å². The molecule has 1 heterocycles. The second kappa shape index (κ2) is 5.01. The highest BCUT2D eigenvalue weighted by molar-refractivity contribution is 6.05. The molecule has 2 aromatic rings. The molecule has 98 valence electrons. The van der Waals surface area contributed by atoms with Crippen molar-refractivity contribution in [2.45, 2.75) is 13.8 Å². The van der Waals surface area contributed by atoms with Crippen molar-refractivity contribution in [3.05, 3.63) is 47.0 Å². The number of amides is 1. The van der Waals surface area contributed by atoms with Crippen LogP contribution < -0.4 is 5.32 Å². The van der Waals surface area contributed by atoms with E-state index < -0.39 is 17.5 Å². The van der Waals surface area contributed by atoms with Crippen molar-refractivity contribution in [2.24, 2.45) is 0 Å². The van der Waals surface area contributed by atoms with Gasteiger partial charge in [0.25, 0.3) is 5.91 Å². The van der Waals surface area contributed by atoms with Crippen molar-refractivity contribution in [1.82, 2.24) is 9.97 Å². The zero-order chi connectivity index (χ0) is 14.0. The second-order valence-electron chi connectivity index (χ2n) is 4.09. The first-order chi connectivity index (χ1) is 8.95. The number of anilines is 1. The summed E-state index contributed by atoms with van der Waals surface area (Å²) >= 11 is 0. The topological polar surface area (TPSA) is 75.1 Å². The first-order valence-electron chi connectivity index (χ1n) is 5.58. The summed E-state index contributed by atoms with van der Waals surface area (Å²) in [5, 5.41) is 12.0. The number of aryl methyl sites for hydroxylation is 2. The van der Waals surface area contributed by atoms with Gasteiger partial charge in [-0.25, -0.2) is 14.4 Å². The summed E-state index contributed by atoms with van der Waals surface area (Å²) in [6.07, 6.45) is 0. The molecule has 0 bridgehead atoms. The first-order valence-corrected chi connectivity index (χ1v) is 5.58. The van der Waals surface area contributed by atoms with Gasteiger partial charge in [0, 0.05) is 17.5 Å². The van der Waals surface area contributed by atoms with Crippen LogP contribution in [0.3, 0.4) is 0 Å². The number of benzene rings is 1. The lowest BCUT2D eigenvalue weighted by atomic mass is 10.2. The Labute approximate surface area is 109 Å². The van der Waals surface area contributed by atoms with Crippen LogP contribution in [0.5, 0.6) is 5.75 Å². The zero-order valence-electron chi connectivity index (χ0n) is 10.4. The maximum Gasteiger partial charge on any atom is 0.261 e. The number of aromatic hydroxyl groups is 1. The minimum Gasteiger partial charge on any atom is -0.507 e. The van der Waals surface area contributed by atoms with Crippen LogP contribution in [0.15, 0.2) is 24.3 Å². The molecule has 0 saturated heterocycles. The second-order valence-corrected chi connectivity index (χ2v) is 4.09. The van der Waals surface area contributed by atoms with Gasteiger partial charge in [0.05, 0.1) is 5.56 Å². The summed E-state index contributed by atoms with van der Waals surface area (Å²) in [7, 11) is 0. The Balaban J connectivity index is 2.25. The molecule has 0 atom stereocenters. The molecule has 0 aliphatic carbocycles. The summed E-state index contributed by atoms with van der Waals surface area (Å²) in [4.78, 5) is 20.0. The molecule has 1 aromatic heterocycles. The van der Waals surface area contributed by atoms with E-state index in [2.05, 4.69) is 15.3 Å². The van der Waals surface area contributed by atoms with E-state index in [1.165, 1.54) is 6.07 Å². The van der Waals surface area contributed by atoms with Crippen LogP contribution in [0.4, 0.5) is 10.3 Å². The highest BCUT2D eigenvalue weighted by Crippen LogP contribution is 2.19. The predicted molar refractivity (Wildman–Crippen MR) is 67.5 cm³/mol. The van der Waals surface area contributed by atoms with E-state index in [0.717, 1.165) is 12.1 Å². The average molecular weight is 261 g/mol. The third-order valence-corrected chi connectivity index (χ3v) is 2.41. The SMILES string of the molecule is Cc1cc(C)nc(NC(=O)c2ccc(F)cc2O)n1. The number of carbonyl (C=O) groups is 1. The van der Waals surface area contributed by atoms with Gasteiger partial charge in [-0.05, 0) is 32.0 Å². The molecule has 0 fully saturated rings. The number of hydrogen-bond acceptors (Lipinski definition) is 4. The van der Waals surface area contributed by atoms with Crippen molar-refractivity contribution >= 4 is 11.9 Å². The van der Waals surface area contributed by atoms with Gasteiger partial charge in [-0.3, -0.25) is 10.1 Å². The number of nitrogens with one attached hydrogen (secondary N) is 1. The Morgan fingerprint density at radius 3 is 2.42 bits per heavy atom. The Morgan fingerprint density at radius 2 is 1.84 bits per heavy atom. The molecule has 1 amide bonds. The summed E-state index contributed by atoms with van der Waals surface area (Å²) in [5.41, 5.74) is 1.39. The number of phenols is 1. The van der Waals surface area contributed by atoms with E-state index in [1.807, 2.05) is 0 Å². The number of nitrogens with zero attached hydrogens (tertiary/aromatic N) is 2. The van der Waals surface area contributed by atoms with Crippen molar-refractivity contribution in [3.8, 4) is 5.75 Å². The monoisotopic (exact) mass is 261 g/mol. The van der Waals surface area contributed by atoms with Crippen LogP contribution in [-0.2, 0) is 0 Å². The first kappa shape index (κ1) is 12.9. The summed E-state index contributed by atoms with van der Waals surface area (Å²) in [6, 6.07) is 4.93. The maximum absolute atomic E-state index is 12.8. The largest absolute Gasteiger partial charge is 0.507 e. The molecular weight excluding hydrogens is 249 g/mol. The molecule has 0 unspecified atom stereocenters. The summed E-state index contributed by atoms with van der Waals surface area (Å²) in [5.74, 6) is -1.49. The van der Waals surface area contributed by atoms with Gasteiger partial charge in [0.1, 0.15) is 11.6 Å². The van der Waals surface area contributed by atoms with Gasteiger partial charge >= 0.3 is 0 Å². The van der Waals surface area contributed by atoms with Gasteiger partial charge in [0.15, 0.2) is 0 Å². The lowest BCUT2D eigenvalue weighted by Crippen LogP contribution is -2.15. The summed E-state index contributed by atoms with van der Waals surface area (Å²) in [6.45, 7) is 3.55. The van der Waals surface area contributed by atoms with Crippen LogP contribution in [0.25, 0.3) is 0 Å². The van der Waals surface area contributed by atoms with Gasteiger partial charge < -0.3 is 5.11 Å². The normalized spacial score (nSPS) is 10.3. The molecule has 0 aliphatic heterocycles. The fourth-order valence-corrected chi connectivity index (χ4v) is 1.65. The minimum atomic E-state index is -0.614. The van der Waals surface area contributed by atoms with Crippen molar-refractivity contribution in [2.75, 3.05) is 5.32 Å². The molecular formula is C13H12FN3O2. The molecule has 0 saturated carbocycles. The van der Waals surface area contributed by atoms with Crippen LogP contribution in [0.1, 0.15) is 21.7 Å². The van der Waals surface area contributed by atoms with E-state index in [-0.39, 0.29) is 11.5 Å². The van der Waals surface area contributed by atoms with Crippen molar-refractivity contribution < 1.29 is 14.3 Å². The van der Waals surface area contributed by atoms with Crippen LogP contribution in [-0.4, -0.2) is 21.0 Å². The molecule has 0 radical (unpaired) electrons. The molecule has 1 aromatic carbocycles. The number of rotatable bonds is 2. The summed E-state index contributed by atoms with van der Waals surface area (Å²) < 4.78 is 12.8. The molecule has 2 rings (SSSR count). The van der Waals surface area contributed by atoms with Crippen LogP contribution >= 0.6 is 0 Å². The quantitative estimate of drug-likeness (QED) is 0.868. The molecule has 0 aliphatic rings. The van der Waals surface area contributed by atoms with E-state index in [4.69, 9.17) is 0 Å². The van der Waals surface area contributed by atoms with Crippen LogP contribution in [0, 0.1) is 19.7 Å². The predicted octanol–water partition coefficient (Wildman–Crippen LogP) is 2.19. The van der Waals surface area contributed by atoms with Gasteiger partial charge in [0.2, 0.25) is 5.95 Å². The third-order valence-electron chi connectivity index (χ3n) is 2.41. The Bertz CT molecular complexity index is 624. The smallest absolute Gasteiger partial charge is 0.261 e. The number of halogens is 1. The molecule has 2 N–H and O–H groups in total. The molecule has 6 heteroatoms. The Morgan fingerprint density at radius 1 is 1.21 bits per heavy atom. The third kappa shape index (κ3) is 3.04. The minimum absolute atomic E-state index is 0.0378. The standard InChI is InChI=1S/C13H12FN3O2/c1-7-5-8(2)16-13(15-7)17-12(19)10-4-3-9(14)6-11(10)18/h3-6,18H,1-2H3,(H,15,16,17,19). The fourth-order valence-electron chi connectivity index (χ4n) is 1.65. The van der Waals surface area contributed by atoms with E-state index >= 15 is 0 Å². The highest BCUT2D eigenvalue weighted by Gasteiger charge is 2.13. The van der Waals surface area contributed by atoms with E-state index in [9.17, 15) is 14.3 Å². The molecule has 5 nitrogen and oxygen atoms in total. The maximum atomic E-state index is 12.8. The molecule has 0 spiro atoms. The fraction of sp³-hybridized carbons (Fsp3) is 0.154. The number of aromatic nitrogens is 2.